The number of nitrogens with one attached hydrogen (secondary N) is 1. The minimum Gasteiger partial charge on any atom is -0.493 e. The van der Waals surface area contributed by atoms with Gasteiger partial charge in [0.15, 0.2) is 11.5 Å². The summed E-state index contributed by atoms with van der Waals surface area (Å²) in [6.45, 7) is 2.70. The van der Waals surface area contributed by atoms with Crippen molar-refractivity contribution in [2.45, 2.75) is 19.4 Å². The molecule has 1 heterocycles. The monoisotopic (exact) mass is 370 g/mol. The van der Waals surface area contributed by atoms with E-state index in [1.165, 1.54) is 39.9 Å². The second-order valence-corrected chi connectivity index (χ2v) is 6.46. The Morgan fingerprint density at radius 1 is 0.963 bits per heavy atom. The van der Waals surface area contributed by atoms with E-state index in [2.05, 4.69) is 34.5 Å². The molecule has 0 radical (unpaired) electrons. The van der Waals surface area contributed by atoms with Crippen LogP contribution in [0.2, 0.25) is 0 Å². The Hall–Kier alpha value is -2.89. The van der Waals surface area contributed by atoms with Crippen LogP contribution in [-0.4, -0.2) is 40.3 Å². The van der Waals surface area contributed by atoms with Crippen LogP contribution in [0.5, 0.6) is 17.2 Å². The number of methoxy groups -OCH3 is 3. The molecule has 1 aliphatic rings. The van der Waals surface area contributed by atoms with Crippen LogP contribution in [0.25, 0.3) is 0 Å². The quantitative estimate of drug-likeness (QED) is 0.811. The molecule has 144 valence electrons. The zero-order valence-electron chi connectivity index (χ0n) is 16.1. The van der Waals surface area contributed by atoms with Gasteiger partial charge in [-0.3, -0.25) is 4.79 Å². The molecule has 6 heteroatoms. The molecule has 0 spiro atoms. The molecule has 2 aromatic rings. The predicted molar refractivity (Wildman–Crippen MR) is 105 cm³/mol. The first kappa shape index (κ1) is 18.9. The van der Waals surface area contributed by atoms with Gasteiger partial charge in [0, 0.05) is 30.9 Å². The van der Waals surface area contributed by atoms with Crippen LogP contribution in [-0.2, 0) is 6.54 Å². The summed E-state index contributed by atoms with van der Waals surface area (Å²) in [5.41, 5.74) is 2.75. The first-order valence-corrected chi connectivity index (χ1v) is 9.08. The largest absolute Gasteiger partial charge is 0.493 e. The van der Waals surface area contributed by atoms with E-state index in [4.69, 9.17) is 14.2 Å². The standard InChI is InChI=1S/C21H26N2O4/c1-25-18-12-16(13-19(26-2)20(18)27-3)21(24)22-14-15-6-8-17(9-7-15)23-10-4-5-11-23/h6-9,12-13H,4-5,10-11,14H2,1-3H3,(H,22,24). The molecule has 1 saturated heterocycles. The number of rotatable bonds is 7. The molecular weight excluding hydrogens is 344 g/mol. The van der Waals surface area contributed by atoms with Gasteiger partial charge in [-0.25, -0.2) is 0 Å². The van der Waals surface area contributed by atoms with E-state index < -0.39 is 0 Å². The van der Waals surface area contributed by atoms with Crippen molar-refractivity contribution in [1.29, 1.82) is 0 Å². The fraction of sp³-hybridized carbons (Fsp3) is 0.381. The van der Waals surface area contributed by atoms with Crippen molar-refractivity contribution in [3.05, 3.63) is 47.5 Å². The molecule has 3 rings (SSSR count). The van der Waals surface area contributed by atoms with Gasteiger partial charge in [-0.05, 0) is 42.7 Å². The first-order valence-electron chi connectivity index (χ1n) is 9.08. The van der Waals surface area contributed by atoms with Gasteiger partial charge in [-0.15, -0.1) is 0 Å². The SMILES string of the molecule is COc1cc(C(=O)NCc2ccc(N3CCCC3)cc2)cc(OC)c1OC. The van der Waals surface area contributed by atoms with E-state index in [9.17, 15) is 4.79 Å². The van der Waals surface area contributed by atoms with Crippen LogP contribution in [0.1, 0.15) is 28.8 Å². The van der Waals surface area contributed by atoms with Crippen molar-refractivity contribution in [1.82, 2.24) is 5.32 Å². The molecule has 0 aromatic heterocycles. The van der Waals surface area contributed by atoms with Crippen molar-refractivity contribution in [3.8, 4) is 17.2 Å². The maximum absolute atomic E-state index is 12.6. The smallest absolute Gasteiger partial charge is 0.251 e. The Labute approximate surface area is 160 Å². The summed E-state index contributed by atoms with van der Waals surface area (Å²) in [5.74, 6) is 1.18. The lowest BCUT2D eigenvalue weighted by atomic mass is 10.1. The van der Waals surface area contributed by atoms with Crippen LogP contribution in [0.3, 0.4) is 0 Å². The Bertz CT molecular complexity index is 758. The maximum Gasteiger partial charge on any atom is 0.251 e. The third-order valence-corrected chi connectivity index (χ3v) is 4.79. The van der Waals surface area contributed by atoms with Gasteiger partial charge < -0.3 is 24.4 Å². The number of carbonyl (C=O) groups is 1. The van der Waals surface area contributed by atoms with Gasteiger partial charge in [0.05, 0.1) is 21.3 Å². The van der Waals surface area contributed by atoms with Crippen LogP contribution in [0.15, 0.2) is 36.4 Å². The van der Waals surface area contributed by atoms with Crippen molar-refractivity contribution in [3.63, 3.8) is 0 Å². The van der Waals surface area contributed by atoms with E-state index in [0.29, 0.717) is 29.4 Å². The van der Waals surface area contributed by atoms with E-state index in [-0.39, 0.29) is 5.91 Å². The molecule has 0 unspecified atom stereocenters. The Morgan fingerprint density at radius 3 is 2.07 bits per heavy atom. The maximum atomic E-state index is 12.6. The summed E-state index contributed by atoms with van der Waals surface area (Å²) >= 11 is 0. The normalized spacial score (nSPS) is 13.4. The van der Waals surface area contributed by atoms with Crippen molar-refractivity contribution in [2.75, 3.05) is 39.3 Å². The van der Waals surface area contributed by atoms with Gasteiger partial charge in [0.2, 0.25) is 5.75 Å². The number of benzene rings is 2. The molecule has 1 N–H and O–H groups in total. The van der Waals surface area contributed by atoms with Gasteiger partial charge in [-0.2, -0.15) is 0 Å². The number of ether oxygens (including phenoxy) is 3. The summed E-state index contributed by atoms with van der Waals surface area (Å²) in [6, 6.07) is 11.6. The molecular formula is C21H26N2O4. The van der Waals surface area contributed by atoms with Gasteiger partial charge >= 0.3 is 0 Å². The zero-order chi connectivity index (χ0) is 19.2. The molecule has 1 amide bonds. The fourth-order valence-electron chi connectivity index (χ4n) is 3.30. The lowest BCUT2D eigenvalue weighted by Crippen LogP contribution is -2.23. The summed E-state index contributed by atoms with van der Waals surface area (Å²) < 4.78 is 15.9. The highest BCUT2D eigenvalue weighted by Gasteiger charge is 2.17. The van der Waals surface area contributed by atoms with E-state index in [1.807, 2.05) is 0 Å². The average Bonchev–Trinajstić information content (AvgIpc) is 3.26. The zero-order valence-corrected chi connectivity index (χ0v) is 16.1. The summed E-state index contributed by atoms with van der Waals surface area (Å²) in [7, 11) is 4.59. The van der Waals surface area contributed by atoms with Crippen LogP contribution >= 0.6 is 0 Å². The number of amides is 1. The van der Waals surface area contributed by atoms with Crippen LogP contribution < -0.4 is 24.4 Å². The molecule has 0 bridgehead atoms. The van der Waals surface area contributed by atoms with Crippen molar-refractivity contribution >= 4 is 11.6 Å². The fourth-order valence-corrected chi connectivity index (χ4v) is 3.30. The molecule has 1 fully saturated rings. The van der Waals surface area contributed by atoms with E-state index >= 15 is 0 Å². The minimum atomic E-state index is -0.196. The highest BCUT2D eigenvalue weighted by Crippen LogP contribution is 2.38. The lowest BCUT2D eigenvalue weighted by Gasteiger charge is -2.18. The molecule has 2 aromatic carbocycles. The van der Waals surface area contributed by atoms with Gasteiger partial charge in [0.1, 0.15) is 0 Å². The molecule has 0 atom stereocenters. The summed E-state index contributed by atoms with van der Waals surface area (Å²) in [4.78, 5) is 14.9. The number of hydrogen-bond donors (Lipinski definition) is 1. The molecule has 1 aliphatic heterocycles. The highest BCUT2D eigenvalue weighted by molar-refractivity contribution is 5.95. The molecule has 27 heavy (non-hydrogen) atoms. The minimum absolute atomic E-state index is 0.196. The van der Waals surface area contributed by atoms with E-state index in [0.717, 1.165) is 18.7 Å². The Balaban J connectivity index is 1.66. The summed E-state index contributed by atoms with van der Waals surface area (Å²) in [5, 5.41) is 2.94. The topological polar surface area (TPSA) is 60.0 Å². The van der Waals surface area contributed by atoms with Crippen molar-refractivity contribution < 1.29 is 19.0 Å². The van der Waals surface area contributed by atoms with E-state index in [1.54, 1.807) is 12.1 Å². The van der Waals surface area contributed by atoms with Crippen LogP contribution in [0.4, 0.5) is 5.69 Å². The molecule has 6 nitrogen and oxygen atoms in total. The lowest BCUT2D eigenvalue weighted by molar-refractivity contribution is 0.0950. The number of carbonyl (C=O) groups excluding carboxylic acids is 1. The molecule has 0 saturated carbocycles. The van der Waals surface area contributed by atoms with Crippen molar-refractivity contribution in [2.24, 2.45) is 0 Å². The third-order valence-electron chi connectivity index (χ3n) is 4.79. The first-order chi connectivity index (χ1) is 13.2. The Morgan fingerprint density at radius 2 is 1.56 bits per heavy atom. The second-order valence-electron chi connectivity index (χ2n) is 6.46. The number of hydrogen-bond acceptors (Lipinski definition) is 5. The van der Waals surface area contributed by atoms with Crippen LogP contribution in [0, 0.1) is 0 Å². The number of anilines is 1. The molecule has 0 aliphatic carbocycles. The van der Waals surface area contributed by atoms with Gasteiger partial charge in [0.25, 0.3) is 5.91 Å². The third kappa shape index (κ3) is 4.27. The van der Waals surface area contributed by atoms with Gasteiger partial charge in [-0.1, -0.05) is 12.1 Å². The highest BCUT2D eigenvalue weighted by atomic mass is 16.5. The second kappa shape index (κ2) is 8.66. The average molecular weight is 370 g/mol. The number of nitrogens with zero attached hydrogens (tertiary/aromatic N) is 1. The Kier molecular flexibility index (Phi) is 6.06. The summed E-state index contributed by atoms with van der Waals surface area (Å²) in [6.07, 6.45) is 2.51. The predicted octanol–water partition coefficient (Wildman–Crippen LogP) is 3.24.